The maximum atomic E-state index is 12.9. The first-order valence-corrected chi connectivity index (χ1v) is 30.4. The van der Waals surface area contributed by atoms with Gasteiger partial charge in [0.05, 0.1) is 19.8 Å². The number of rotatable bonds is 54. The third kappa shape index (κ3) is 50.6. The van der Waals surface area contributed by atoms with Gasteiger partial charge in [0.15, 0.2) is 6.10 Å². The van der Waals surface area contributed by atoms with Gasteiger partial charge in [0, 0.05) is 19.3 Å². The highest BCUT2D eigenvalue weighted by molar-refractivity contribution is 7.47. The van der Waals surface area contributed by atoms with Gasteiger partial charge in [-0.05, 0) is 57.8 Å². The first kappa shape index (κ1) is 67.7. The quantitative estimate of drug-likeness (QED) is 0.0197. The van der Waals surface area contributed by atoms with Crippen LogP contribution in [0.1, 0.15) is 278 Å². The maximum Gasteiger partial charge on any atom is 0.472 e. The maximum absolute atomic E-state index is 12.9. The monoisotopic (exact) mass is 1010 g/mol. The number of aliphatic hydroxyl groups excluding tert-OH is 1. The molecule has 0 aliphatic heterocycles. The predicted molar refractivity (Wildman–Crippen MR) is 289 cm³/mol. The summed E-state index contributed by atoms with van der Waals surface area (Å²) >= 11 is 0. The van der Waals surface area contributed by atoms with Crippen molar-refractivity contribution in [3.8, 4) is 0 Å². The van der Waals surface area contributed by atoms with Gasteiger partial charge in [0.1, 0.15) is 12.7 Å². The zero-order valence-corrected chi connectivity index (χ0v) is 46.1. The van der Waals surface area contributed by atoms with Gasteiger partial charge in [-0.15, -0.1) is 0 Å². The van der Waals surface area contributed by atoms with E-state index in [9.17, 15) is 28.9 Å². The molecule has 0 radical (unpaired) electrons. The molecule has 0 aliphatic rings. The average Bonchev–Trinajstić information content (AvgIpc) is 3.35. The summed E-state index contributed by atoms with van der Waals surface area (Å²) in [6, 6.07) is 0. The molecule has 0 bridgehead atoms. The fourth-order valence-corrected chi connectivity index (χ4v) is 8.91. The molecule has 0 aromatic carbocycles. The van der Waals surface area contributed by atoms with E-state index in [1.54, 1.807) is 0 Å². The Bertz CT molecular complexity index is 1320. The van der Waals surface area contributed by atoms with Gasteiger partial charge in [-0.1, -0.05) is 237 Å². The number of esters is 3. The van der Waals surface area contributed by atoms with Crippen molar-refractivity contribution in [1.82, 2.24) is 0 Å². The zero-order chi connectivity index (χ0) is 51.3. The lowest BCUT2D eigenvalue weighted by molar-refractivity contribution is -0.161. The SMILES string of the molecule is CCCCC/C=C\C/C=C\C/C=C\CCCCCCCCC(=O)OC(COC(=O)CCCCCCCCCCCCC)COP(=O)(O)OCC(CO)OC(=O)CCCCCCCCCCCCCCC. The highest BCUT2D eigenvalue weighted by atomic mass is 31.2. The molecule has 3 unspecified atom stereocenters. The number of allylic oxidation sites excluding steroid dienone is 6. The minimum Gasteiger partial charge on any atom is -0.462 e. The molecule has 0 aliphatic carbocycles. The second kappa shape index (κ2) is 53.0. The Hall–Kier alpha value is -2.30. The van der Waals surface area contributed by atoms with E-state index in [0.29, 0.717) is 19.3 Å². The second-order valence-electron chi connectivity index (χ2n) is 19.5. The summed E-state index contributed by atoms with van der Waals surface area (Å²) < 4.78 is 39.5. The molecule has 0 aromatic rings. The normalized spacial score (nSPS) is 13.6. The smallest absolute Gasteiger partial charge is 0.462 e. The molecule has 0 heterocycles. The molecular formula is C58H107O11P. The van der Waals surface area contributed by atoms with Crippen LogP contribution < -0.4 is 0 Å². The zero-order valence-electron chi connectivity index (χ0n) is 45.2. The third-order valence-corrected chi connectivity index (χ3v) is 13.5. The highest BCUT2D eigenvalue weighted by Crippen LogP contribution is 2.43. The number of unbranched alkanes of at least 4 members (excludes halogenated alkanes) is 31. The number of carbonyl (C=O) groups excluding carboxylic acids is 3. The number of aliphatic hydroxyl groups is 1. The molecule has 0 saturated carbocycles. The Balaban J connectivity index is 4.69. The molecule has 0 rings (SSSR count). The van der Waals surface area contributed by atoms with Gasteiger partial charge in [-0.25, -0.2) is 4.57 Å². The van der Waals surface area contributed by atoms with Gasteiger partial charge >= 0.3 is 25.7 Å². The van der Waals surface area contributed by atoms with Crippen molar-refractivity contribution in [2.45, 2.75) is 290 Å². The van der Waals surface area contributed by atoms with E-state index in [2.05, 4.69) is 57.2 Å². The molecule has 410 valence electrons. The van der Waals surface area contributed by atoms with Crippen molar-refractivity contribution in [1.29, 1.82) is 0 Å². The largest absolute Gasteiger partial charge is 0.472 e. The average molecular weight is 1010 g/mol. The standard InChI is InChI=1S/C58H107O11P/c1-4-7-10-13-16-19-22-24-25-26-27-28-29-31-34-37-40-43-46-49-58(62)69-55(51-65-56(60)47-44-41-38-35-32-21-18-15-12-9-6-3)53-67-70(63,64)66-52-54(50-59)68-57(61)48-45-42-39-36-33-30-23-20-17-14-11-8-5-2/h16,19,24-25,27-28,54-55,59H,4-15,17-18,20-23,26,29-53H2,1-3H3,(H,63,64)/b19-16-,25-24-,28-27-. The molecule has 2 N–H and O–H groups in total. The Morgan fingerprint density at radius 3 is 1.10 bits per heavy atom. The molecule has 0 saturated heterocycles. The van der Waals surface area contributed by atoms with Crippen LogP contribution in [0.2, 0.25) is 0 Å². The van der Waals surface area contributed by atoms with Crippen LogP contribution in [-0.4, -0.2) is 66.5 Å². The Morgan fingerprint density at radius 2 is 0.700 bits per heavy atom. The number of carbonyl (C=O) groups is 3. The molecule has 0 fully saturated rings. The van der Waals surface area contributed by atoms with Crippen molar-refractivity contribution < 1.29 is 52.2 Å². The van der Waals surface area contributed by atoms with E-state index in [-0.39, 0.29) is 25.9 Å². The Kier molecular flexibility index (Phi) is 51.3. The van der Waals surface area contributed by atoms with Crippen LogP contribution in [0.5, 0.6) is 0 Å². The predicted octanol–water partition coefficient (Wildman–Crippen LogP) is 16.8. The summed E-state index contributed by atoms with van der Waals surface area (Å²) in [5.41, 5.74) is 0. The van der Waals surface area contributed by atoms with Crippen molar-refractivity contribution in [2.24, 2.45) is 0 Å². The highest BCUT2D eigenvalue weighted by Gasteiger charge is 2.28. The van der Waals surface area contributed by atoms with Crippen molar-refractivity contribution >= 4 is 25.7 Å². The van der Waals surface area contributed by atoms with Crippen molar-refractivity contribution in [3.63, 3.8) is 0 Å². The van der Waals surface area contributed by atoms with E-state index in [4.69, 9.17) is 23.3 Å². The van der Waals surface area contributed by atoms with E-state index < -0.39 is 57.8 Å². The fraction of sp³-hybridized carbons (Fsp3) is 0.845. The number of ether oxygens (including phenoxy) is 3. The Labute approximate surface area is 429 Å². The van der Waals surface area contributed by atoms with Crippen LogP contribution in [0.15, 0.2) is 36.5 Å². The fourth-order valence-electron chi connectivity index (χ4n) is 8.13. The van der Waals surface area contributed by atoms with Crippen molar-refractivity contribution in [2.75, 3.05) is 26.4 Å². The lowest BCUT2D eigenvalue weighted by atomic mass is 10.0. The third-order valence-electron chi connectivity index (χ3n) is 12.6. The lowest BCUT2D eigenvalue weighted by Crippen LogP contribution is -2.30. The number of phosphoric acid groups is 1. The van der Waals surface area contributed by atoms with Crippen molar-refractivity contribution in [3.05, 3.63) is 36.5 Å². The summed E-state index contributed by atoms with van der Waals surface area (Å²) in [6.07, 6.45) is 53.8. The van der Waals surface area contributed by atoms with Crippen LogP contribution in [0.3, 0.4) is 0 Å². The van der Waals surface area contributed by atoms with E-state index in [0.717, 1.165) is 89.9 Å². The van der Waals surface area contributed by atoms with Gasteiger partial charge < -0.3 is 24.2 Å². The van der Waals surface area contributed by atoms with Gasteiger partial charge in [0.25, 0.3) is 0 Å². The van der Waals surface area contributed by atoms with E-state index >= 15 is 0 Å². The molecule has 11 nitrogen and oxygen atoms in total. The summed E-state index contributed by atoms with van der Waals surface area (Å²) in [4.78, 5) is 48.4. The van der Waals surface area contributed by atoms with Crippen LogP contribution in [-0.2, 0) is 42.2 Å². The summed E-state index contributed by atoms with van der Waals surface area (Å²) in [5.74, 6) is -1.46. The molecule has 0 aromatic heterocycles. The first-order valence-electron chi connectivity index (χ1n) is 28.9. The Morgan fingerprint density at radius 1 is 0.400 bits per heavy atom. The molecule has 3 atom stereocenters. The minimum absolute atomic E-state index is 0.157. The van der Waals surface area contributed by atoms with Crippen LogP contribution >= 0.6 is 7.82 Å². The van der Waals surface area contributed by atoms with Gasteiger partial charge in [-0.2, -0.15) is 0 Å². The lowest BCUT2D eigenvalue weighted by Gasteiger charge is -2.21. The summed E-state index contributed by atoms with van der Waals surface area (Å²) in [7, 11) is -4.74. The van der Waals surface area contributed by atoms with Crippen LogP contribution in [0.25, 0.3) is 0 Å². The molecular weight excluding hydrogens is 904 g/mol. The number of hydrogen-bond acceptors (Lipinski definition) is 10. The van der Waals surface area contributed by atoms with Gasteiger partial charge in [-0.3, -0.25) is 23.4 Å². The minimum atomic E-state index is -4.74. The molecule has 0 amide bonds. The number of hydrogen-bond donors (Lipinski definition) is 2. The van der Waals surface area contributed by atoms with Crippen LogP contribution in [0.4, 0.5) is 0 Å². The molecule has 70 heavy (non-hydrogen) atoms. The van der Waals surface area contributed by atoms with E-state index in [1.165, 1.54) is 128 Å². The topological polar surface area (TPSA) is 155 Å². The van der Waals surface area contributed by atoms with Crippen LogP contribution in [0, 0.1) is 0 Å². The van der Waals surface area contributed by atoms with E-state index in [1.807, 2.05) is 0 Å². The summed E-state index contributed by atoms with van der Waals surface area (Å²) in [5, 5.41) is 9.80. The summed E-state index contributed by atoms with van der Waals surface area (Å²) in [6.45, 7) is 4.63. The number of phosphoric ester groups is 1. The molecule has 12 heteroatoms. The second-order valence-corrected chi connectivity index (χ2v) is 20.9. The van der Waals surface area contributed by atoms with Gasteiger partial charge in [0.2, 0.25) is 0 Å². The molecule has 0 spiro atoms. The first-order chi connectivity index (χ1) is 34.2.